The molecule has 0 bridgehead atoms. The Bertz CT molecular complexity index is 481. The number of aliphatic hydroxyl groups is 1. The van der Waals surface area contributed by atoms with E-state index in [1.807, 2.05) is 13.0 Å². The van der Waals surface area contributed by atoms with Crippen LogP contribution in [0.3, 0.4) is 0 Å². The van der Waals surface area contributed by atoms with Gasteiger partial charge < -0.3 is 16.2 Å². The van der Waals surface area contributed by atoms with Crippen molar-refractivity contribution in [3.8, 4) is 0 Å². The molecule has 1 aromatic rings. The van der Waals surface area contributed by atoms with E-state index in [1.165, 1.54) is 0 Å². The maximum Gasteiger partial charge on any atom is 0.245 e. The summed E-state index contributed by atoms with van der Waals surface area (Å²) in [5.41, 5.74) is 7.22. The summed E-state index contributed by atoms with van der Waals surface area (Å²) in [7, 11) is 0. The van der Waals surface area contributed by atoms with E-state index in [4.69, 9.17) is 22.4 Å². The summed E-state index contributed by atoms with van der Waals surface area (Å²) in [6, 6.07) is 2.96. The molecule has 2 unspecified atom stereocenters. The normalized spacial score (nSPS) is 19.6. The van der Waals surface area contributed by atoms with Gasteiger partial charge in [-0.05, 0) is 18.6 Å². The predicted octanol–water partition coefficient (Wildman–Crippen LogP) is 2.15. The first-order valence-electron chi connectivity index (χ1n) is 5.70. The Morgan fingerprint density at radius 3 is 3.00 bits per heavy atom. The summed E-state index contributed by atoms with van der Waals surface area (Å²) >= 11 is 7.77. The van der Waals surface area contributed by atoms with Gasteiger partial charge in [0.05, 0.1) is 5.02 Å². The van der Waals surface area contributed by atoms with E-state index >= 15 is 0 Å². The molecule has 1 aromatic carbocycles. The zero-order valence-electron chi connectivity index (χ0n) is 9.94. The number of halogens is 1. The van der Waals surface area contributed by atoms with Crippen molar-refractivity contribution in [3.05, 3.63) is 22.7 Å². The monoisotopic (exact) mass is 286 g/mol. The molecule has 4 nitrogen and oxygen atoms in total. The second-order valence-electron chi connectivity index (χ2n) is 4.28. The third kappa shape index (κ3) is 2.64. The molecule has 18 heavy (non-hydrogen) atoms. The van der Waals surface area contributed by atoms with Gasteiger partial charge in [0.15, 0.2) is 0 Å². The molecule has 2 rings (SSSR count). The van der Waals surface area contributed by atoms with Crippen molar-refractivity contribution in [2.45, 2.75) is 29.5 Å². The number of fused-ring (bicyclic) bond motifs is 1. The summed E-state index contributed by atoms with van der Waals surface area (Å²) in [5.74, 6) is -0.202. The second kappa shape index (κ2) is 5.48. The van der Waals surface area contributed by atoms with Crippen molar-refractivity contribution in [2.75, 3.05) is 11.9 Å². The molecule has 1 aliphatic heterocycles. The summed E-state index contributed by atoms with van der Waals surface area (Å²) in [5, 5.41) is 12.5. The maximum atomic E-state index is 11.5. The zero-order valence-corrected chi connectivity index (χ0v) is 11.5. The summed E-state index contributed by atoms with van der Waals surface area (Å²) < 4.78 is 0. The summed E-state index contributed by atoms with van der Waals surface area (Å²) in [4.78, 5) is 12.4. The van der Waals surface area contributed by atoms with Gasteiger partial charge >= 0.3 is 0 Å². The van der Waals surface area contributed by atoms with Crippen LogP contribution < -0.4 is 11.1 Å². The highest BCUT2D eigenvalue weighted by atomic mass is 35.5. The number of nitrogens with one attached hydrogen (secondary N) is 1. The number of benzene rings is 1. The Hall–Kier alpha value is -0.750. The minimum atomic E-state index is -0.633. The van der Waals surface area contributed by atoms with E-state index in [-0.39, 0.29) is 17.8 Å². The smallest absolute Gasteiger partial charge is 0.245 e. The Labute approximate surface area is 115 Å². The molecule has 2 atom stereocenters. The minimum Gasteiger partial charge on any atom is -0.396 e. The third-order valence-electron chi connectivity index (χ3n) is 2.84. The Balaban J connectivity index is 2.24. The van der Waals surface area contributed by atoms with Gasteiger partial charge in [-0.15, -0.1) is 11.8 Å². The number of rotatable bonds is 4. The number of hydrogen-bond donors (Lipinski definition) is 3. The third-order valence-corrected chi connectivity index (χ3v) is 4.50. The quantitative estimate of drug-likeness (QED) is 0.742. The molecule has 0 saturated heterocycles. The molecule has 1 heterocycles. The first-order valence-corrected chi connectivity index (χ1v) is 6.96. The highest BCUT2D eigenvalue weighted by Gasteiger charge is 2.28. The lowest BCUT2D eigenvalue weighted by Gasteiger charge is -2.12. The van der Waals surface area contributed by atoms with E-state index < -0.39 is 6.04 Å². The fraction of sp³-hybridized carbons (Fsp3) is 0.417. The van der Waals surface area contributed by atoms with Crippen molar-refractivity contribution in [3.63, 3.8) is 0 Å². The van der Waals surface area contributed by atoms with Crippen molar-refractivity contribution in [1.82, 2.24) is 0 Å². The van der Waals surface area contributed by atoms with Gasteiger partial charge in [-0.1, -0.05) is 18.5 Å². The van der Waals surface area contributed by atoms with Crippen LogP contribution in [0.1, 0.15) is 24.9 Å². The molecule has 6 heteroatoms. The molecule has 0 fully saturated rings. The molecular formula is C12H15ClN2O2S. The molecule has 0 spiro atoms. The molecule has 0 radical (unpaired) electrons. The minimum absolute atomic E-state index is 0.151. The van der Waals surface area contributed by atoms with Crippen molar-refractivity contribution < 1.29 is 9.90 Å². The molecule has 0 aliphatic carbocycles. The molecule has 98 valence electrons. The van der Waals surface area contributed by atoms with Gasteiger partial charge in [0.1, 0.15) is 6.04 Å². The first-order chi connectivity index (χ1) is 8.52. The van der Waals surface area contributed by atoms with E-state index in [9.17, 15) is 4.79 Å². The largest absolute Gasteiger partial charge is 0.396 e. The maximum absolute atomic E-state index is 11.5. The number of thioether (sulfide) groups is 1. The average molecular weight is 287 g/mol. The molecule has 0 saturated carbocycles. The predicted molar refractivity (Wildman–Crippen MR) is 74.0 cm³/mol. The highest BCUT2D eigenvalue weighted by molar-refractivity contribution is 8.00. The van der Waals surface area contributed by atoms with Gasteiger partial charge in [0, 0.05) is 28.0 Å². The number of carbonyl (C=O) groups excluding carboxylic acids is 1. The van der Waals surface area contributed by atoms with Gasteiger partial charge in [-0.2, -0.15) is 0 Å². The average Bonchev–Trinajstić information content (AvgIpc) is 2.57. The van der Waals surface area contributed by atoms with Gasteiger partial charge in [0.2, 0.25) is 5.91 Å². The van der Waals surface area contributed by atoms with Crippen molar-refractivity contribution >= 4 is 35.0 Å². The van der Waals surface area contributed by atoms with Crippen LogP contribution in [-0.4, -0.2) is 22.9 Å². The van der Waals surface area contributed by atoms with Crippen LogP contribution in [0.2, 0.25) is 5.02 Å². The number of nitrogens with two attached hydrogens (primary N) is 1. The Morgan fingerprint density at radius 2 is 2.33 bits per heavy atom. The molecule has 0 aromatic heterocycles. The Kier molecular flexibility index (Phi) is 4.17. The number of aliphatic hydroxyl groups excluding tert-OH is 1. The van der Waals surface area contributed by atoms with Crippen LogP contribution in [0.4, 0.5) is 5.69 Å². The zero-order chi connectivity index (χ0) is 13.3. The van der Waals surface area contributed by atoms with Crippen LogP contribution in [-0.2, 0) is 4.79 Å². The first kappa shape index (κ1) is 13.7. The van der Waals surface area contributed by atoms with E-state index in [1.54, 1.807) is 17.8 Å². The number of amides is 1. The molecular weight excluding hydrogens is 272 g/mol. The summed E-state index contributed by atoms with van der Waals surface area (Å²) in [6.07, 6.45) is 0.698. The fourth-order valence-corrected chi connectivity index (χ4v) is 3.15. The van der Waals surface area contributed by atoms with Gasteiger partial charge in [0.25, 0.3) is 0 Å². The van der Waals surface area contributed by atoms with E-state index in [0.29, 0.717) is 11.4 Å². The lowest BCUT2D eigenvalue weighted by Crippen LogP contribution is -2.19. The summed E-state index contributed by atoms with van der Waals surface area (Å²) in [6.45, 7) is 2.17. The molecule has 1 aliphatic rings. The van der Waals surface area contributed by atoms with Crippen LogP contribution in [0.5, 0.6) is 0 Å². The number of anilines is 1. The van der Waals surface area contributed by atoms with Crippen LogP contribution >= 0.6 is 23.4 Å². The highest BCUT2D eigenvalue weighted by Crippen LogP contribution is 2.39. The molecule has 1 amide bonds. The van der Waals surface area contributed by atoms with Crippen molar-refractivity contribution in [1.29, 1.82) is 0 Å². The Morgan fingerprint density at radius 1 is 1.61 bits per heavy atom. The number of carbonyl (C=O) groups is 1. The molecule has 4 N–H and O–H groups in total. The SMILES string of the molecule is CC(CCO)Sc1cc2c(cc1Cl)C(N)C(=O)N2. The van der Waals surface area contributed by atoms with Crippen molar-refractivity contribution in [2.24, 2.45) is 5.73 Å². The topological polar surface area (TPSA) is 75.3 Å². The fourth-order valence-electron chi connectivity index (χ4n) is 1.83. The van der Waals surface area contributed by atoms with Crippen LogP contribution in [0.15, 0.2) is 17.0 Å². The van der Waals surface area contributed by atoms with Gasteiger partial charge in [-0.3, -0.25) is 4.79 Å². The lowest BCUT2D eigenvalue weighted by atomic mass is 10.1. The number of hydrogen-bond acceptors (Lipinski definition) is 4. The van der Waals surface area contributed by atoms with Gasteiger partial charge in [-0.25, -0.2) is 0 Å². The second-order valence-corrected chi connectivity index (χ2v) is 6.17. The van der Waals surface area contributed by atoms with Crippen LogP contribution in [0, 0.1) is 0 Å². The lowest BCUT2D eigenvalue weighted by molar-refractivity contribution is -0.116. The van der Waals surface area contributed by atoms with Crippen LogP contribution in [0.25, 0.3) is 0 Å². The standard InChI is InChI=1S/C12H15ClN2O2S/c1-6(2-3-16)18-10-5-9-7(4-8(10)13)11(14)12(17)15-9/h4-6,11,16H,2-3,14H2,1H3,(H,15,17). The van der Waals surface area contributed by atoms with E-state index in [0.717, 1.165) is 16.1 Å². The van der Waals surface area contributed by atoms with E-state index in [2.05, 4.69) is 5.32 Å².